The van der Waals surface area contributed by atoms with Crippen LogP contribution in [0.15, 0.2) is 8.68 Å². The van der Waals surface area contributed by atoms with Crippen LogP contribution in [0.3, 0.4) is 0 Å². The van der Waals surface area contributed by atoms with Gasteiger partial charge < -0.3 is 10.6 Å². The summed E-state index contributed by atoms with van der Waals surface area (Å²) in [7, 11) is 0. The van der Waals surface area contributed by atoms with Crippen molar-refractivity contribution in [1.29, 1.82) is 0 Å². The number of rotatable bonds is 9. The van der Waals surface area contributed by atoms with Crippen LogP contribution in [-0.4, -0.2) is 45.6 Å². The topological polar surface area (TPSA) is 84.0 Å². The lowest BCUT2D eigenvalue weighted by Crippen LogP contribution is -2.39. The average Bonchev–Trinajstić information content (AvgIpc) is 2.91. The molecule has 2 N–H and O–H groups in total. The zero-order chi connectivity index (χ0) is 18.8. The van der Waals surface area contributed by atoms with Gasteiger partial charge in [0.05, 0.1) is 11.0 Å². The number of hydrogen-bond donors (Lipinski definition) is 2. The van der Waals surface area contributed by atoms with Crippen molar-refractivity contribution in [3.05, 3.63) is 0 Å². The molecule has 0 saturated heterocycles. The normalized spacial score (nSPS) is 16.7. The van der Waals surface area contributed by atoms with Gasteiger partial charge in [0.1, 0.15) is 0 Å². The molecule has 1 heterocycles. The molecular weight excluding hydrogens is 388 g/mol. The van der Waals surface area contributed by atoms with Gasteiger partial charge in [-0.25, -0.2) is 0 Å². The predicted octanol–water partition coefficient (Wildman–Crippen LogP) is 3.48. The van der Waals surface area contributed by atoms with E-state index in [0.717, 1.165) is 27.9 Å². The summed E-state index contributed by atoms with van der Waals surface area (Å²) in [6, 6.07) is 0.315. The Labute approximate surface area is 168 Å². The maximum Gasteiger partial charge on any atom is 0.233 e. The summed E-state index contributed by atoms with van der Waals surface area (Å²) in [6.07, 6.45) is 8.06. The molecule has 0 radical (unpaired) electrons. The number of nitrogens with one attached hydrogen (secondary N) is 2. The number of amides is 2. The third kappa shape index (κ3) is 7.84. The van der Waals surface area contributed by atoms with Crippen LogP contribution in [0, 0.1) is 0 Å². The first-order valence-electron chi connectivity index (χ1n) is 9.28. The summed E-state index contributed by atoms with van der Waals surface area (Å²) in [4.78, 5) is 24.0. The van der Waals surface area contributed by atoms with E-state index in [9.17, 15) is 9.59 Å². The Balaban J connectivity index is 1.74. The molecule has 1 aliphatic carbocycles. The monoisotopic (exact) mass is 416 g/mol. The molecule has 0 unspecified atom stereocenters. The summed E-state index contributed by atoms with van der Waals surface area (Å²) >= 11 is 4.26. The first-order chi connectivity index (χ1) is 12.6. The van der Waals surface area contributed by atoms with E-state index < -0.39 is 0 Å². The quantitative estimate of drug-likeness (QED) is 0.474. The molecule has 1 aromatic heterocycles. The van der Waals surface area contributed by atoms with E-state index in [2.05, 4.69) is 20.8 Å². The molecule has 0 spiro atoms. The van der Waals surface area contributed by atoms with Crippen LogP contribution in [0.25, 0.3) is 0 Å². The number of carbonyl (C=O) groups excluding carboxylic acids is 2. The number of nitrogens with zero attached hydrogens (tertiary/aromatic N) is 2. The highest BCUT2D eigenvalue weighted by Crippen LogP contribution is 2.31. The third-order valence-corrected chi connectivity index (χ3v) is 7.38. The van der Waals surface area contributed by atoms with E-state index >= 15 is 0 Å². The molecule has 1 aromatic rings. The first-order valence-corrected chi connectivity index (χ1v) is 12.0. The minimum absolute atomic E-state index is 0.0115. The zero-order valence-electron chi connectivity index (χ0n) is 15.5. The van der Waals surface area contributed by atoms with E-state index in [1.54, 1.807) is 0 Å². The summed E-state index contributed by atoms with van der Waals surface area (Å²) in [5.41, 5.74) is 0. The molecule has 26 heavy (non-hydrogen) atoms. The Morgan fingerprint density at radius 1 is 1.19 bits per heavy atom. The zero-order valence-corrected chi connectivity index (χ0v) is 17.9. The fourth-order valence-electron chi connectivity index (χ4n) is 2.69. The highest BCUT2D eigenvalue weighted by Gasteiger charge is 2.21. The Hall–Kier alpha value is -0.800. The smallest absolute Gasteiger partial charge is 0.233 e. The predicted molar refractivity (Wildman–Crippen MR) is 109 cm³/mol. The molecule has 146 valence electrons. The molecule has 1 saturated carbocycles. The second-order valence-corrected chi connectivity index (χ2v) is 10.2. The summed E-state index contributed by atoms with van der Waals surface area (Å²) < 4.78 is 1.53. The van der Waals surface area contributed by atoms with Crippen molar-refractivity contribution < 1.29 is 9.59 Å². The lowest BCUT2D eigenvalue weighted by Gasteiger charge is -2.18. The van der Waals surface area contributed by atoms with Crippen molar-refractivity contribution in [1.82, 2.24) is 20.8 Å². The van der Waals surface area contributed by atoms with Gasteiger partial charge in [0.2, 0.25) is 11.8 Å². The van der Waals surface area contributed by atoms with E-state index in [1.165, 1.54) is 60.5 Å². The molecule has 2 amide bonds. The summed E-state index contributed by atoms with van der Waals surface area (Å²) in [5, 5.41) is 14.1. The van der Waals surface area contributed by atoms with E-state index in [0.29, 0.717) is 18.3 Å². The number of aromatic nitrogens is 2. The molecular formula is C17H28N4O2S3. The molecule has 2 rings (SSSR count). The van der Waals surface area contributed by atoms with Gasteiger partial charge >= 0.3 is 0 Å². The van der Waals surface area contributed by atoms with Crippen LogP contribution in [-0.2, 0) is 9.59 Å². The van der Waals surface area contributed by atoms with Gasteiger partial charge in [-0.2, -0.15) is 0 Å². The highest BCUT2D eigenvalue weighted by atomic mass is 32.2. The van der Waals surface area contributed by atoms with Crippen molar-refractivity contribution in [2.75, 3.05) is 12.3 Å². The minimum Gasteiger partial charge on any atom is -0.355 e. The molecule has 0 bridgehead atoms. The van der Waals surface area contributed by atoms with Gasteiger partial charge in [0.15, 0.2) is 8.68 Å². The Kier molecular flexibility index (Phi) is 9.77. The molecule has 0 aromatic carbocycles. The van der Waals surface area contributed by atoms with Crippen molar-refractivity contribution in [3.8, 4) is 0 Å². The van der Waals surface area contributed by atoms with Crippen molar-refractivity contribution in [2.24, 2.45) is 0 Å². The lowest BCUT2D eigenvalue weighted by molar-refractivity contribution is -0.121. The molecule has 1 atom stereocenters. The van der Waals surface area contributed by atoms with Crippen LogP contribution >= 0.6 is 34.9 Å². The average molecular weight is 417 g/mol. The molecule has 1 fully saturated rings. The fraction of sp³-hybridized carbons (Fsp3) is 0.765. The van der Waals surface area contributed by atoms with E-state index in [1.807, 2.05) is 13.8 Å². The summed E-state index contributed by atoms with van der Waals surface area (Å²) in [5.74, 6) is 0.430. The van der Waals surface area contributed by atoms with Gasteiger partial charge in [-0.05, 0) is 26.2 Å². The number of hydrogen-bond acceptors (Lipinski definition) is 7. The van der Waals surface area contributed by atoms with Gasteiger partial charge in [0.25, 0.3) is 0 Å². The van der Waals surface area contributed by atoms with Crippen LogP contribution in [0.5, 0.6) is 0 Å². The third-order valence-electron chi connectivity index (χ3n) is 4.14. The highest BCUT2D eigenvalue weighted by molar-refractivity contribution is 8.04. The summed E-state index contributed by atoms with van der Waals surface area (Å²) in [6.45, 7) is 4.63. The molecule has 9 heteroatoms. The fourth-order valence-corrected chi connectivity index (χ4v) is 5.70. The second-order valence-electron chi connectivity index (χ2n) is 6.43. The molecule has 1 aliphatic rings. The van der Waals surface area contributed by atoms with E-state index in [4.69, 9.17) is 0 Å². The SMILES string of the molecule is CCCNC(=O)CSc1nnc(S[C@@H](C)C(=O)NC2CCCCCC2)s1. The van der Waals surface area contributed by atoms with E-state index in [-0.39, 0.29) is 17.1 Å². The van der Waals surface area contributed by atoms with Crippen LogP contribution < -0.4 is 10.6 Å². The van der Waals surface area contributed by atoms with Gasteiger partial charge in [-0.3, -0.25) is 9.59 Å². The number of carbonyl (C=O) groups is 2. The maximum absolute atomic E-state index is 12.4. The maximum atomic E-state index is 12.4. The van der Waals surface area contributed by atoms with Crippen LogP contribution in [0.1, 0.15) is 58.8 Å². The second kappa shape index (κ2) is 11.8. The number of thioether (sulfide) groups is 2. The Morgan fingerprint density at radius 2 is 1.88 bits per heavy atom. The molecule has 6 nitrogen and oxygen atoms in total. The van der Waals surface area contributed by atoms with Crippen molar-refractivity contribution in [2.45, 2.75) is 78.8 Å². The lowest BCUT2D eigenvalue weighted by atomic mass is 10.1. The van der Waals surface area contributed by atoms with Crippen molar-refractivity contribution in [3.63, 3.8) is 0 Å². The van der Waals surface area contributed by atoms with Gasteiger partial charge in [-0.1, -0.05) is 67.5 Å². The van der Waals surface area contributed by atoms with Gasteiger partial charge in [-0.15, -0.1) is 10.2 Å². The van der Waals surface area contributed by atoms with Crippen molar-refractivity contribution >= 4 is 46.7 Å². The minimum atomic E-state index is -0.197. The Bertz CT molecular complexity index is 574. The van der Waals surface area contributed by atoms with Crippen LogP contribution in [0.2, 0.25) is 0 Å². The standard InChI is InChI=1S/C17H28N4O2S3/c1-3-10-18-14(22)11-24-16-20-21-17(26-16)25-12(2)15(23)19-13-8-6-4-5-7-9-13/h12-13H,3-11H2,1-2H3,(H,18,22)(H,19,23)/t12-/m0/s1. The Morgan fingerprint density at radius 3 is 2.58 bits per heavy atom. The first kappa shape index (κ1) is 21.5. The van der Waals surface area contributed by atoms with Gasteiger partial charge in [0, 0.05) is 12.6 Å². The largest absolute Gasteiger partial charge is 0.355 e. The van der Waals surface area contributed by atoms with Crippen LogP contribution in [0.4, 0.5) is 0 Å². The molecule has 0 aliphatic heterocycles.